The Labute approximate surface area is 173 Å². The van der Waals surface area contributed by atoms with Crippen molar-refractivity contribution in [1.82, 2.24) is 0 Å². The molecule has 0 spiro atoms. The molecule has 0 aliphatic rings. The van der Waals surface area contributed by atoms with Gasteiger partial charge in [0.1, 0.15) is 0 Å². The Balaban J connectivity index is 0.000000260. The predicted octanol–water partition coefficient (Wildman–Crippen LogP) is 7.98. The fourth-order valence-corrected chi connectivity index (χ4v) is 8.10. The Morgan fingerprint density at radius 3 is 1.38 bits per heavy atom. The minimum Gasteiger partial charge on any atom is -0.0622 e. The van der Waals surface area contributed by atoms with Gasteiger partial charge in [-0.05, 0) is 10.6 Å². The molecule has 0 nitrogen and oxygen atoms in total. The van der Waals surface area contributed by atoms with Gasteiger partial charge in [0.15, 0.2) is 0 Å². The summed E-state index contributed by atoms with van der Waals surface area (Å²) < 4.78 is 0. The number of hydrogen-bond donors (Lipinski definition) is 0. The minimum absolute atomic E-state index is 0.777. The van der Waals surface area contributed by atoms with Crippen LogP contribution in [-0.4, -0.2) is 0 Å². The van der Waals surface area contributed by atoms with Crippen molar-refractivity contribution in [2.24, 2.45) is 0 Å². The van der Waals surface area contributed by atoms with Gasteiger partial charge >= 0.3 is 94.7 Å². The van der Waals surface area contributed by atoms with E-state index in [1.54, 1.807) is 0 Å². The fourth-order valence-electron chi connectivity index (χ4n) is 2.27. The molecular weight excluding hydrogens is 473 g/mol. The van der Waals surface area contributed by atoms with E-state index in [1.165, 1.54) is 49.1 Å². The molecule has 0 radical (unpaired) electrons. The molecule has 0 saturated carbocycles. The van der Waals surface area contributed by atoms with Crippen molar-refractivity contribution < 1.29 is 13.5 Å². The van der Waals surface area contributed by atoms with Crippen molar-refractivity contribution in [3.05, 3.63) is 60.7 Å². The van der Waals surface area contributed by atoms with Crippen molar-refractivity contribution in [2.75, 3.05) is 0 Å². The molecule has 0 N–H and O–H groups in total. The van der Waals surface area contributed by atoms with Gasteiger partial charge in [-0.1, -0.05) is 69.2 Å². The number of rotatable bonds is 10. The second-order valence-corrected chi connectivity index (χ2v) is 17.9. The first-order valence-electron chi connectivity index (χ1n) is 9.42. The third-order valence-corrected chi connectivity index (χ3v) is 11.2. The molecule has 0 amide bonds. The fraction of sp³-hybridized carbons (Fsp3) is 0.455. The Bertz CT molecular complexity index is 511. The maximum atomic E-state index is 6.32. The van der Waals surface area contributed by atoms with Gasteiger partial charge in [0.05, 0.1) is 0 Å². The molecule has 0 unspecified atom stereocenters. The molecule has 0 aromatic heterocycles. The summed E-state index contributed by atoms with van der Waals surface area (Å²) in [4.78, 5) is 2.20. The van der Waals surface area contributed by atoms with Gasteiger partial charge in [-0.15, -0.1) is 0 Å². The molecule has 0 aliphatic heterocycles. The van der Waals surface area contributed by atoms with E-state index in [2.05, 4.69) is 74.5 Å². The summed E-state index contributed by atoms with van der Waals surface area (Å²) in [6, 6.07) is 21.2. The maximum Gasteiger partial charge on any atom is -0.0226 e. The van der Waals surface area contributed by atoms with Gasteiger partial charge < -0.3 is 0 Å². The van der Waals surface area contributed by atoms with Crippen molar-refractivity contribution in [1.29, 1.82) is 0 Å². The van der Waals surface area contributed by atoms with Gasteiger partial charge in [-0.3, -0.25) is 0 Å². The number of unbranched alkanes of at least 4 members (excludes halogenated alkanes) is 4. The Hall–Kier alpha value is 0.112. The molecule has 2 aromatic rings. The number of halogens is 2. The van der Waals surface area contributed by atoms with Crippen LogP contribution < -0.4 is 10.6 Å². The SMILES string of the molecule is CCCC[CH2][Pd]([Cl])([Cl])[CH2]CCCC.c1ccc(Pc2ccccc2)cc1. The van der Waals surface area contributed by atoms with Crippen LogP contribution in [0, 0.1) is 0 Å². The molecular formula is C22H33Cl2PPd. The zero-order valence-electron chi connectivity index (χ0n) is 16.0. The molecule has 0 aliphatic carbocycles. The van der Waals surface area contributed by atoms with Gasteiger partial charge in [-0.2, -0.15) is 0 Å². The van der Waals surface area contributed by atoms with Crippen LogP contribution in [-0.2, 0) is 13.5 Å². The molecule has 2 aromatic carbocycles. The summed E-state index contributed by atoms with van der Waals surface area (Å²) in [7, 11) is 13.4. The van der Waals surface area contributed by atoms with Crippen LogP contribution in [0.15, 0.2) is 60.7 Å². The van der Waals surface area contributed by atoms with Crippen LogP contribution in [0.5, 0.6) is 0 Å². The third-order valence-electron chi connectivity index (χ3n) is 3.73. The van der Waals surface area contributed by atoms with Crippen LogP contribution in [0.4, 0.5) is 0 Å². The maximum absolute atomic E-state index is 6.32. The first kappa shape index (κ1) is 24.2. The van der Waals surface area contributed by atoms with Crippen LogP contribution in [0.2, 0.25) is 9.79 Å². The second kappa shape index (κ2) is 15.1. The van der Waals surface area contributed by atoms with E-state index < -0.39 is 13.5 Å². The van der Waals surface area contributed by atoms with Crippen LogP contribution in [0.25, 0.3) is 0 Å². The van der Waals surface area contributed by atoms with Crippen LogP contribution >= 0.6 is 27.6 Å². The van der Waals surface area contributed by atoms with Crippen LogP contribution in [0.1, 0.15) is 52.4 Å². The first-order chi connectivity index (χ1) is 12.6. The Morgan fingerprint density at radius 2 is 1.04 bits per heavy atom. The molecule has 2 rings (SSSR count). The topological polar surface area (TPSA) is 0 Å². The van der Waals surface area contributed by atoms with Crippen molar-refractivity contribution >= 4 is 38.2 Å². The van der Waals surface area contributed by atoms with Crippen molar-refractivity contribution in [3.63, 3.8) is 0 Å². The van der Waals surface area contributed by atoms with E-state index in [4.69, 9.17) is 19.1 Å². The smallest absolute Gasteiger partial charge is 0.0226 e. The normalized spacial score (nSPS) is 11.5. The van der Waals surface area contributed by atoms with Gasteiger partial charge in [0.2, 0.25) is 0 Å². The quantitative estimate of drug-likeness (QED) is 0.174. The van der Waals surface area contributed by atoms with E-state index in [0.717, 1.165) is 18.4 Å². The molecule has 0 atom stereocenters. The second-order valence-electron chi connectivity index (χ2n) is 6.13. The summed E-state index contributed by atoms with van der Waals surface area (Å²) in [5, 5.41) is 2.79. The predicted molar refractivity (Wildman–Crippen MR) is 121 cm³/mol. The molecule has 150 valence electrons. The molecule has 4 heteroatoms. The zero-order chi connectivity index (χ0) is 19.1. The van der Waals surface area contributed by atoms with E-state index in [0.29, 0.717) is 0 Å². The van der Waals surface area contributed by atoms with Gasteiger partial charge in [-0.25, -0.2) is 0 Å². The minimum atomic E-state index is -1.94. The Kier molecular flexibility index (Phi) is 14.0. The summed E-state index contributed by atoms with van der Waals surface area (Å²) in [6.45, 7) is 4.42. The van der Waals surface area contributed by atoms with E-state index in [1.807, 2.05) is 0 Å². The van der Waals surface area contributed by atoms with Crippen molar-refractivity contribution in [3.8, 4) is 0 Å². The van der Waals surface area contributed by atoms with Gasteiger partial charge in [0.25, 0.3) is 0 Å². The summed E-state index contributed by atoms with van der Waals surface area (Å²) in [5.74, 6) is 0. The standard InChI is InChI=1S/C12H11P.2C5H11.2ClH.Pd/c1-3-7-11(8-4-1)13-12-9-5-2-6-10-12;2*1-3-5-4-2;;;/h1-10,13H;2*1,3-5H2,2H3;2*1H;/q;;;;;+2/p-2. The number of hydrogen-bond acceptors (Lipinski definition) is 0. The van der Waals surface area contributed by atoms with Crippen LogP contribution in [0.3, 0.4) is 0 Å². The number of benzene rings is 2. The van der Waals surface area contributed by atoms with E-state index in [-0.39, 0.29) is 0 Å². The molecule has 26 heavy (non-hydrogen) atoms. The summed E-state index contributed by atoms with van der Waals surface area (Å²) >= 11 is -1.94. The monoisotopic (exact) mass is 504 g/mol. The summed E-state index contributed by atoms with van der Waals surface area (Å²) in [6.07, 6.45) is 7.54. The van der Waals surface area contributed by atoms with E-state index in [9.17, 15) is 0 Å². The molecule has 0 bridgehead atoms. The van der Waals surface area contributed by atoms with Gasteiger partial charge in [0, 0.05) is 0 Å². The molecule has 0 heterocycles. The zero-order valence-corrected chi connectivity index (χ0v) is 20.1. The Morgan fingerprint density at radius 1 is 0.654 bits per heavy atom. The third kappa shape index (κ3) is 12.5. The van der Waals surface area contributed by atoms with Crippen molar-refractivity contribution in [2.45, 2.75) is 62.2 Å². The first-order valence-corrected chi connectivity index (χ1v) is 16.6. The average Bonchev–Trinajstić information content (AvgIpc) is 2.64. The van der Waals surface area contributed by atoms with E-state index >= 15 is 0 Å². The summed E-state index contributed by atoms with van der Waals surface area (Å²) in [5.41, 5.74) is 0. The largest absolute Gasteiger partial charge is 0.0622 e. The molecule has 0 fully saturated rings. The molecule has 0 saturated heterocycles. The average molecular weight is 506 g/mol.